The smallest absolute Gasteiger partial charge is 0.203 e. The summed E-state index contributed by atoms with van der Waals surface area (Å²) in [6.45, 7) is 0.630. The summed E-state index contributed by atoms with van der Waals surface area (Å²) in [6, 6.07) is 25.0. The van der Waals surface area contributed by atoms with E-state index in [0.29, 0.717) is 11.7 Å². The number of benzene rings is 3. The first kappa shape index (κ1) is 22.6. The Kier molecular flexibility index (Phi) is 6.04. The van der Waals surface area contributed by atoms with Crippen molar-refractivity contribution < 1.29 is 4.39 Å². The molecule has 0 unspecified atom stereocenters. The molecule has 0 amide bonds. The molecule has 0 spiro atoms. The lowest BCUT2D eigenvalue weighted by molar-refractivity contribution is 0.626. The van der Waals surface area contributed by atoms with Gasteiger partial charge >= 0.3 is 0 Å². The lowest BCUT2D eigenvalue weighted by Gasteiger charge is -2.07. The van der Waals surface area contributed by atoms with E-state index in [0.717, 1.165) is 48.8 Å². The lowest BCUT2D eigenvalue weighted by Crippen LogP contribution is -2.00. The van der Waals surface area contributed by atoms with Gasteiger partial charge in [0, 0.05) is 38.3 Å². The summed E-state index contributed by atoms with van der Waals surface area (Å²) in [5.74, 6) is -0.234. The number of fused-ring (bicyclic) bond motifs is 3. The molecule has 6 aromatic rings. The first-order chi connectivity index (χ1) is 17.6. The zero-order valence-corrected chi connectivity index (χ0v) is 21.3. The number of hydrogen-bond acceptors (Lipinski definition) is 5. The summed E-state index contributed by atoms with van der Waals surface area (Å²) in [6.07, 6.45) is 3.57. The predicted octanol–water partition coefficient (Wildman–Crippen LogP) is 7.71. The van der Waals surface area contributed by atoms with Gasteiger partial charge in [0.25, 0.3) is 0 Å². The summed E-state index contributed by atoms with van der Waals surface area (Å²) in [7, 11) is 0. The Morgan fingerprint density at radius 1 is 0.972 bits per heavy atom. The molecule has 0 saturated carbocycles. The van der Waals surface area contributed by atoms with Crippen LogP contribution in [0.3, 0.4) is 0 Å². The standard InChI is InChI=1S/C28H19BrFN5S/c29-20-5-3-4-19(12-20)25-17-36-28(33-25)34-32-14-22-13-24-23-6-1-2-7-26(23)35(27(24)15-31-22)16-18-8-10-21(30)11-9-18/h1-15,17H,16H2,(H,33,34)/b32-14+. The van der Waals surface area contributed by atoms with Crippen LogP contribution in [0.15, 0.2) is 100 Å². The third-order valence-corrected chi connectivity index (χ3v) is 7.16. The Morgan fingerprint density at radius 3 is 2.69 bits per heavy atom. The number of nitrogens with zero attached hydrogens (tertiary/aromatic N) is 4. The molecule has 1 N–H and O–H groups in total. The van der Waals surface area contributed by atoms with E-state index in [9.17, 15) is 4.39 Å². The molecule has 0 fully saturated rings. The number of rotatable bonds is 6. The van der Waals surface area contributed by atoms with Crippen LogP contribution in [-0.2, 0) is 6.54 Å². The Hall–Kier alpha value is -3.88. The quantitative estimate of drug-likeness (QED) is 0.169. The monoisotopic (exact) mass is 555 g/mol. The highest BCUT2D eigenvalue weighted by molar-refractivity contribution is 9.10. The minimum atomic E-state index is -0.234. The van der Waals surface area contributed by atoms with Crippen LogP contribution in [0.25, 0.3) is 33.1 Å². The van der Waals surface area contributed by atoms with Gasteiger partial charge in [0.05, 0.1) is 29.3 Å². The fraction of sp³-hybridized carbons (Fsp3) is 0.0357. The number of thiazole rings is 1. The fourth-order valence-corrected chi connectivity index (χ4v) is 5.30. The Morgan fingerprint density at radius 2 is 1.83 bits per heavy atom. The summed E-state index contributed by atoms with van der Waals surface area (Å²) in [5.41, 5.74) is 8.84. The molecule has 0 saturated heterocycles. The Bertz CT molecular complexity index is 1720. The summed E-state index contributed by atoms with van der Waals surface area (Å²) in [4.78, 5) is 9.24. The molecule has 3 aromatic carbocycles. The van der Waals surface area contributed by atoms with E-state index in [2.05, 4.69) is 53.1 Å². The molecular weight excluding hydrogens is 537 g/mol. The molecule has 0 atom stereocenters. The van der Waals surface area contributed by atoms with Crippen LogP contribution >= 0.6 is 27.3 Å². The number of anilines is 1. The second-order valence-electron chi connectivity index (χ2n) is 8.27. The molecule has 0 radical (unpaired) electrons. The van der Waals surface area contributed by atoms with E-state index < -0.39 is 0 Å². The molecule has 36 heavy (non-hydrogen) atoms. The zero-order valence-electron chi connectivity index (χ0n) is 18.9. The normalized spacial score (nSPS) is 11.6. The highest BCUT2D eigenvalue weighted by atomic mass is 79.9. The van der Waals surface area contributed by atoms with Gasteiger partial charge in [-0.05, 0) is 42.0 Å². The van der Waals surface area contributed by atoms with E-state index in [1.807, 2.05) is 66.2 Å². The van der Waals surface area contributed by atoms with Crippen LogP contribution in [0.2, 0.25) is 0 Å². The molecule has 0 aliphatic heterocycles. The van der Waals surface area contributed by atoms with Gasteiger partial charge in [-0.25, -0.2) is 9.37 Å². The number of nitrogens with one attached hydrogen (secondary N) is 1. The van der Waals surface area contributed by atoms with E-state index in [4.69, 9.17) is 0 Å². The maximum absolute atomic E-state index is 13.4. The van der Waals surface area contributed by atoms with Gasteiger partial charge in [-0.2, -0.15) is 5.10 Å². The molecule has 176 valence electrons. The second kappa shape index (κ2) is 9.64. The number of aromatic nitrogens is 3. The van der Waals surface area contributed by atoms with Gasteiger partial charge in [0.2, 0.25) is 5.13 Å². The summed E-state index contributed by atoms with van der Waals surface area (Å²) in [5, 5.41) is 9.30. The molecule has 0 bridgehead atoms. The molecule has 3 heterocycles. The average molecular weight is 556 g/mol. The molecule has 5 nitrogen and oxygen atoms in total. The maximum Gasteiger partial charge on any atom is 0.203 e. The molecular formula is C28H19BrFN5S. The van der Waals surface area contributed by atoms with Crippen LogP contribution in [0.5, 0.6) is 0 Å². The second-order valence-corrected chi connectivity index (χ2v) is 10.0. The lowest BCUT2D eigenvalue weighted by atomic mass is 10.2. The summed E-state index contributed by atoms with van der Waals surface area (Å²) >= 11 is 5.00. The minimum Gasteiger partial charge on any atom is -0.335 e. The Labute approximate surface area is 219 Å². The predicted molar refractivity (Wildman–Crippen MR) is 149 cm³/mol. The number of hydrogen-bond donors (Lipinski definition) is 1. The van der Waals surface area contributed by atoms with Gasteiger partial charge in [0.1, 0.15) is 5.82 Å². The topological polar surface area (TPSA) is 55.1 Å². The SMILES string of the molecule is Fc1ccc(Cn2c3ccccc3c3cc(/C=N/Nc4nc(-c5cccc(Br)c5)cs4)ncc32)cc1. The van der Waals surface area contributed by atoms with Gasteiger partial charge in [-0.15, -0.1) is 11.3 Å². The van der Waals surface area contributed by atoms with E-state index >= 15 is 0 Å². The number of hydrazone groups is 1. The van der Waals surface area contributed by atoms with Gasteiger partial charge < -0.3 is 4.57 Å². The van der Waals surface area contributed by atoms with Crippen LogP contribution in [-0.4, -0.2) is 20.7 Å². The van der Waals surface area contributed by atoms with Crippen molar-refractivity contribution in [3.8, 4) is 11.3 Å². The van der Waals surface area contributed by atoms with E-state index in [1.165, 1.54) is 23.5 Å². The van der Waals surface area contributed by atoms with Crippen molar-refractivity contribution in [1.82, 2.24) is 14.5 Å². The van der Waals surface area contributed by atoms with Crippen molar-refractivity contribution in [3.05, 3.63) is 112 Å². The molecule has 8 heteroatoms. The van der Waals surface area contributed by atoms with Crippen molar-refractivity contribution in [2.24, 2.45) is 5.10 Å². The van der Waals surface area contributed by atoms with Crippen molar-refractivity contribution in [1.29, 1.82) is 0 Å². The first-order valence-corrected chi connectivity index (χ1v) is 12.9. The van der Waals surface area contributed by atoms with Crippen molar-refractivity contribution >= 4 is 60.4 Å². The van der Waals surface area contributed by atoms with Crippen molar-refractivity contribution in [2.75, 3.05) is 5.43 Å². The molecule has 0 aliphatic carbocycles. The Balaban J connectivity index is 1.27. The van der Waals surface area contributed by atoms with E-state index in [1.54, 1.807) is 6.21 Å². The van der Waals surface area contributed by atoms with Gasteiger partial charge in [-0.1, -0.05) is 58.4 Å². The summed E-state index contributed by atoms with van der Waals surface area (Å²) < 4.78 is 16.6. The van der Waals surface area contributed by atoms with Crippen molar-refractivity contribution in [3.63, 3.8) is 0 Å². The average Bonchev–Trinajstić information content (AvgIpc) is 3.49. The molecule has 0 aliphatic rings. The van der Waals surface area contributed by atoms with Crippen LogP contribution in [0, 0.1) is 5.82 Å². The van der Waals surface area contributed by atoms with Crippen LogP contribution < -0.4 is 5.43 Å². The molecule has 6 rings (SSSR count). The highest BCUT2D eigenvalue weighted by Gasteiger charge is 2.12. The largest absolute Gasteiger partial charge is 0.335 e. The van der Waals surface area contributed by atoms with Crippen LogP contribution in [0.4, 0.5) is 9.52 Å². The number of halogens is 2. The van der Waals surface area contributed by atoms with Gasteiger partial charge in [-0.3, -0.25) is 10.4 Å². The number of pyridine rings is 1. The maximum atomic E-state index is 13.4. The first-order valence-electron chi connectivity index (χ1n) is 11.3. The number of para-hydroxylation sites is 1. The highest BCUT2D eigenvalue weighted by Crippen LogP contribution is 2.30. The van der Waals surface area contributed by atoms with Crippen molar-refractivity contribution in [2.45, 2.75) is 6.54 Å². The third-order valence-electron chi connectivity index (χ3n) is 5.92. The minimum absolute atomic E-state index is 0.234. The fourth-order valence-electron chi connectivity index (χ4n) is 4.23. The zero-order chi connectivity index (χ0) is 24.5. The van der Waals surface area contributed by atoms with E-state index in [-0.39, 0.29) is 5.82 Å². The van der Waals surface area contributed by atoms with Crippen LogP contribution in [0.1, 0.15) is 11.3 Å². The van der Waals surface area contributed by atoms with Gasteiger partial charge in [0.15, 0.2) is 0 Å². The third kappa shape index (κ3) is 4.53. The molecule has 3 aromatic heterocycles.